The first-order valence-corrected chi connectivity index (χ1v) is 11.3. The zero-order valence-corrected chi connectivity index (χ0v) is 20.4. The molecule has 1 aromatic carbocycles. The monoisotopic (exact) mass is 518 g/mol. The lowest BCUT2D eigenvalue weighted by Gasteiger charge is -2.42. The van der Waals surface area contributed by atoms with Crippen molar-refractivity contribution in [1.82, 2.24) is 10.6 Å². The molecule has 0 spiro atoms. The van der Waals surface area contributed by atoms with Crippen molar-refractivity contribution in [1.29, 1.82) is 0 Å². The maximum atomic E-state index is 5.29. The van der Waals surface area contributed by atoms with Crippen LogP contribution in [0.25, 0.3) is 0 Å². The van der Waals surface area contributed by atoms with Gasteiger partial charge in [0.15, 0.2) is 5.96 Å². The summed E-state index contributed by atoms with van der Waals surface area (Å²) in [5, 5.41) is 6.98. The lowest BCUT2D eigenvalue weighted by molar-refractivity contribution is 0.0732. The molecule has 3 rings (SSSR count). The number of methoxy groups -OCH3 is 1. The van der Waals surface area contributed by atoms with Crippen molar-refractivity contribution in [3.63, 3.8) is 0 Å². The molecule has 0 bridgehead atoms. The largest absolute Gasteiger partial charge is 0.385 e. The summed E-state index contributed by atoms with van der Waals surface area (Å²) in [7, 11) is 3.63. The Balaban J connectivity index is 0.00000280. The van der Waals surface area contributed by atoms with Crippen LogP contribution in [0.4, 0.5) is 5.69 Å². The summed E-state index contributed by atoms with van der Waals surface area (Å²) in [6, 6.07) is 8.95. The summed E-state index contributed by atoms with van der Waals surface area (Å²) >= 11 is 2.05. The van der Waals surface area contributed by atoms with E-state index in [2.05, 4.69) is 44.8 Å². The molecular weight excluding hydrogens is 483 g/mol. The Kier molecular flexibility index (Phi) is 10.2. The van der Waals surface area contributed by atoms with Crippen molar-refractivity contribution in [2.75, 3.05) is 56.8 Å². The fourth-order valence-electron chi connectivity index (χ4n) is 3.83. The Morgan fingerprint density at radius 2 is 1.89 bits per heavy atom. The summed E-state index contributed by atoms with van der Waals surface area (Å²) in [4.78, 5) is 6.87. The highest BCUT2D eigenvalue weighted by atomic mass is 127. The third kappa shape index (κ3) is 6.69. The smallest absolute Gasteiger partial charge is 0.191 e. The van der Waals surface area contributed by atoms with E-state index in [0.29, 0.717) is 5.41 Å². The number of guanidine groups is 1. The van der Waals surface area contributed by atoms with E-state index in [0.717, 1.165) is 45.2 Å². The first-order valence-electron chi connectivity index (χ1n) is 10.1. The molecule has 5 nitrogen and oxygen atoms in total. The van der Waals surface area contributed by atoms with Gasteiger partial charge in [0, 0.05) is 64.1 Å². The van der Waals surface area contributed by atoms with Gasteiger partial charge in [0.1, 0.15) is 0 Å². The second-order valence-electron chi connectivity index (χ2n) is 7.64. The highest BCUT2D eigenvalue weighted by Gasteiger charge is 2.36. The number of thioether (sulfide) groups is 1. The van der Waals surface area contributed by atoms with Crippen LogP contribution in [0.5, 0.6) is 0 Å². The number of benzene rings is 1. The van der Waals surface area contributed by atoms with Crippen LogP contribution in [0.1, 0.15) is 31.2 Å². The van der Waals surface area contributed by atoms with E-state index in [1.165, 1.54) is 42.0 Å². The number of ether oxygens (including phenoxy) is 1. The summed E-state index contributed by atoms with van der Waals surface area (Å²) < 4.78 is 5.29. The summed E-state index contributed by atoms with van der Waals surface area (Å²) in [6.07, 6.45) is 5.04. The minimum absolute atomic E-state index is 0. The number of hydrogen-bond acceptors (Lipinski definition) is 4. The highest BCUT2D eigenvalue weighted by Crippen LogP contribution is 2.43. The minimum Gasteiger partial charge on any atom is -0.385 e. The Morgan fingerprint density at radius 1 is 1.18 bits per heavy atom. The first-order chi connectivity index (χ1) is 13.2. The molecule has 2 aliphatic rings. The zero-order chi connectivity index (χ0) is 19.0. The third-order valence-corrected chi connectivity index (χ3v) is 6.82. The van der Waals surface area contributed by atoms with Crippen molar-refractivity contribution in [3.8, 4) is 0 Å². The molecule has 2 fully saturated rings. The molecule has 1 heterocycles. The molecule has 1 aliphatic heterocycles. The van der Waals surface area contributed by atoms with Crippen LogP contribution in [0.3, 0.4) is 0 Å². The minimum atomic E-state index is 0. The van der Waals surface area contributed by atoms with Gasteiger partial charge in [-0.2, -0.15) is 11.8 Å². The average molecular weight is 519 g/mol. The summed E-state index contributed by atoms with van der Waals surface area (Å²) in [5.41, 5.74) is 3.01. The standard InChI is InChI=1S/C21H34N4OS.HI/c1-22-20(24-17-21(8-3-9-21)10-13-26-2)23-16-18-4-6-19(7-5-18)25-11-14-27-15-12-25;/h4-7H,3,8-17H2,1-2H3,(H2,22,23,24);1H. The normalized spacial score (nSPS) is 18.8. The number of nitrogens with one attached hydrogen (secondary N) is 2. The molecular formula is C21H35IN4OS. The Hall–Kier alpha value is -0.670. The van der Waals surface area contributed by atoms with Crippen molar-refractivity contribution < 1.29 is 4.74 Å². The van der Waals surface area contributed by atoms with E-state index in [9.17, 15) is 0 Å². The van der Waals surface area contributed by atoms with Crippen LogP contribution < -0.4 is 15.5 Å². The van der Waals surface area contributed by atoms with Crippen LogP contribution in [0.15, 0.2) is 29.3 Å². The Bertz CT molecular complexity index is 601. The van der Waals surface area contributed by atoms with Gasteiger partial charge in [0.2, 0.25) is 0 Å². The summed E-state index contributed by atoms with van der Waals surface area (Å²) in [6.45, 7) is 4.92. The van der Waals surface area contributed by atoms with Crippen LogP contribution in [-0.4, -0.2) is 57.9 Å². The van der Waals surface area contributed by atoms with E-state index in [4.69, 9.17) is 4.74 Å². The van der Waals surface area contributed by atoms with Crippen LogP contribution in [0.2, 0.25) is 0 Å². The molecule has 0 aromatic heterocycles. The number of nitrogens with zero attached hydrogens (tertiary/aromatic N) is 2. The molecule has 158 valence electrons. The maximum absolute atomic E-state index is 5.29. The second-order valence-corrected chi connectivity index (χ2v) is 8.87. The van der Waals surface area contributed by atoms with Crippen LogP contribution >= 0.6 is 35.7 Å². The molecule has 1 saturated carbocycles. The number of halogens is 1. The van der Waals surface area contributed by atoms with Gasteiger partial charge in [-0.3, -0.25) is 4.99 Å². The molecule has 0 unspecified atom stereocenters. The molecule has 28 heavy (non-hydrogen) atoms. The topological polar surface area (TPSA) is 48.9 Å². The zero-order valence-electron chi connectivity index (χ0n) is 17.2. The third-order valence-electron chi connectivity index (χ3n) is 5.88. The summed E-state index contributed by atoms with van der Waals surface area (Å²) in [5.74, 6) is 3.35. The van der Waals surface area contributed by atoms with Crippen LogP contribution in [0, 0.1) is 5.41 Å². The molecule has 7 heteroatoms. The number of rotatable bonds is 8. The Labute approximate surface area is 191 Å². The molecule has 1 aromatic rings. The van der Waals surface area contributed by atoms with Gasteiger partial charge in [-0.15, -0.1) is 24.0 Å². The first kappa shape index (κ1) is 23.6. The molecule has 0 atom stereocenters. The quantitative estimate of drug-likeness (QED) is 0.312. The van der Waals surface area contributed by atoms with Gasteiger partial charge in [0.05, 0.1) is 0 Å². The lowest BCUT2D eigenvalue weighted by Crippen LogP contribution is -2.46. The maximum Gasteiger partial charge on any atom is 0.191 e. The van der Waals surface area contributed by atoms with Gasteiger partial charge in [0.25, 0.3) is 0 Å². The predicted molar refractivity (Wildman–Crippen MR) is 132 cm³/mol. The highest BCUT2D eigenvalue weighted by molar-refractivity contribution is 14.0. The predicted octanol–water partition coefficient (Wildman–Crippen LogP) is 3.73. The fraction of sp³-hybridized carbons (Fsp3) is 0.667. The molecule has 2 N–H and O–H groups in total. The van der Waals surface area contributed by atoms with E-state index >= 15 is 0 Å². The van der Waals surface area contributed by atoms with Gasteiger partial charge < -0.3 is 20.3 Å². The number of anilines is 1. The van der Waals surface area contributed by atoms with Gasteiger partial charge >= 0.3 is 0 Å². The molecule has 0 radical (unpaired) electrons. The Morgan fingerprint density at radius 3 is 2.46 bits per heavy atom. The number of hydrogen-bond donors (Lipinski definition) is 2. The van der Waals surface area contributed by atoms with Crippen molar-refractivity contribution in [3.05, 3.63) is 29.8 Å². The fourth-order valence-corrected chi connectivity index (χ4v) is 4.74. The van der Waals surface area contributed by atoms with Gasteiger partial charge in [-0.25, -0.2) is 0 Å². The molecule has 1 aliphatic carbocycles. The van der Waals surface area contributed by atoms with Crippen molar-refractivity contribution in [2.24, 2.45) is 10.4 Å². The van der Waals surface area contributed by atoms with Gasteiger partial charge in [-0.1, -0.05) is 18.6 Å². The van der Waals surface area contributed by atoms with E-state index in [1.807, 2.05) is 18.8 Å². The van der Waals surface area contributed by atoms with Crippen molar-refractivity contribution >= 4 is 47.4 Å². The van der Waals surface area contributed by atoms with Crippen LogP contribution in [-0.2, 0) is 11.3 Å². The van der Waals surface area contributed by atoms with E-state index in [1.54, 1.807) is 7.11 Å². The SMILES string of the molecule is CN=C(NCc1ccc(N2CCSCC2)cc1)NCC1(CCOC)CCC1.I. The van der Waals surface area contributed by atoms with Gasteiger partial charge in [-0.05, 0) is 42.4 Å². The second kappa shape index (κ2) is 12.1. The number of aliphatic imine (C=N–C) groups is 1. The van der Waals surface area contributed by atoms with Crippen molar-refractivity contribution in [2.45, 2.75) is 32.2 Å². The van der Waals surface area contributed by atoms with E-state index < -0.39 is 0 Å². The average Bonchev–Trinajstić information content (AvgIpc) is 2.70. The molecule has 0 amide bonds. The lowest BCUT2D eigenvalue weighted by atomic mass is 9.67. The molecule has 1 saturated heterocycles. The van der Waals surface area contributed by atoms with E-state index in [-0.39, 0.29) is 24.0 Å².